The summed E-state index contributed by atoms with van der Waals surface area (Å²) in [6.45, 7) is 1.75. The number of likely N-dealkylation sites (tertiary alicyclic amines) is 1. The van der Waals surface area contributed by atoms with E-state index in [0.717, 1.165) is 11.3 Å². The number of hydrogen-bond acceptors (Lipinski definition) is 2. The molecule has 1 N–H and O–H groups in total. The van der Waals surface area contributed by atoms with Gasteiger partial charge in [0, 0.05) is 20.1 Å². The zero-order chi connectivity index (χ0) is 16.2. The minimum Gasteiger partial charge on any atom is -0.480 e. The van der Waals surface area contributed by atoms with Crippen molar-refractivity contribution in [3.8, 4) is 0 Å². The van der Waals surface area contributed by atoms with Gasteiger partial charge in [0.25, 0.3) is 0 Å². The molecular weight excluding hydrogens is 289 g/mol. The molecule has 1 aliphatic rings. The molecule has 1 aliphatic heterocycles. The third-order valence-electron chi connectivity index (χ3n) is 3.88. The molecule has 8 heteroatoms. The van der Waals surface area contributed by atoms with Crippen LogP contribution in [-0.2, 0) is 4.79 Å². The normalized spacial score (nSPS) is 23.0. The van der Waals surface area contributed by atoms with Gasteiger partial charge in [0.15, 0.2) is 0 Å². The van der Waals surface area contributed by atoms with Crippen LogP contribution in [0.4, 0.5) is 18.0 Å². The highest BCUT2D eigenvalue weighted by Gasteiger charge is 2.37. The Morgan fingerprint density at radius 2 is 2.00 bits per heavy atom. The van der Waals surface area contributed by atoms with Crippen molar-refractivity contribution in [2.45, 2.75) is 44.8 Å². The fourth-order valence-corrected chi connectivity index (χ4v) is 2.48. The second-order valence-corrected chi connectivity index (χ2v) is 5.42. The van der Waals surface area contributed by atoms with Crippen molar-refractivity contribution in [2.75, 3.05) is 20.1 Å². The zero-order valence-corrected chi connectivity index (χ0v) is 12.2. The minimum absolute atomic E-state index is 0.232. The maximum absolute atomic E-state index is 12.2. The summed E-state index contributed by atoms with van der Waals surface area (Å²) < 4.78 is 36.5. The Bertz CT molecular complexity index is 387. The summed E-state index contributed by atoms with van der Waals surface area (Å²) in [5.74, 6) is -0.874. The quantitative estimate of drug-likeness (QED) is 0.868. The lowest BCUT2D eigenvalue weighted by Crippen LogP contribution is -2.54. The van der Waals surface area contributed by atoms with Crippen molar-refractivity contribution in [2.24, 2.45) is 5.92 Å². The van der Waals surface area contributed by atoms with E-state index in [0.29, 0.717) is 12.8 Å². The van der Waals surface area contributed by atoms with Crippen molar-refractivity contribution in [3.63, 3.8) is 0 Å². The molecule has 0 saturated carbocycles. The second kappa shape index (κ2) is 7.00. The number of hydrogen-bond donors (Lipinski definition) is 1. The first-order chi connectivity index (χ1) is 9.65. The molecule has 0 aliphatic carbocycles. The van der Waals surface area contributed by atoms with Gasteiger partial charge in [0.05, 0.1) is 6.42 Å². The molecule has 122 valence electrons. The van der Waals surface area contributed by atoms with Gasteiger partial charge in [-0.2, -0.15) is 13.2 Å². The molecule has 2 amide bonds. The summed E-state index contributed by atoms with van der Waals surface area (Å²) >= 11 is 0. The molecule has 1 heterocycles. The minimum atomic E-state index is -4.34. The van der Waals surface area contributed by atoms with Crippen LogP contribution in [0, 0.1) is 5.92 Å². The lowest BCUT2D eigenvalue weighted by Gasteiger charge is -2.38. The Morgan fingerprint density at radius 3 is 2.48 bits per heavy atom. The van der Waals surface area contributed by atoms with Crippen LogP contribution in [0.25, 0.3) is 0 Å². The summed E-state index contributed by atoms with van der Waals surface area (Å²) in [5, 5.41) is 9.22. The van der Waals surface area contributed by atoms with Crippen LogP contribution < -0.4 is 0 Å². The van der Waals surface area contributed by atoms with Crippen LogP contribution in [-0.4, -0.2) is 59.3 Å². The monoisotopic (exact) mass is 310 g/mol. The highest BCUT2D eigenvalue weighted by atomic mass is 19.4. The number of nitrogens with zero attached hydrogens (tertiary/aromatic N) is 2. The summed E-state index contributed by atoms with van der Waals surface area (Å²) in [7, 11) is 1.26. The summed E-state index contributed by atoms with van der Waals surface area (Å²) in [6.07, 6.45) is -3.58. The first kappa shape index (κ1) is 17.6. The average molecular weight is 310 g/mol. The number of carboxylic acids is 1. The van der Waals surface area contributed by atoms with Crippen molar-refractivity contribution >= 4 is 12.0 Å². The molecule has 0 radical (unpaired) electrons. The predicted octanol–water partition coefficient (Wildman–Crippen LogP) is 2.57. The highest BCUT2D eigenvalue weighted by molar-refractivity contribution is 5.82. The van der Waals surface area contributed by atoms with E-state index in [1.165, 1.54) is 11.9 Å². The van der Waals surface area contributed by atoms with Crippen LogP contribution >= 0.6 is 0 Å². The molecule has 21 heavy (non-hydrogen) atoms. The van der Waals surface area contributed by atoms with E-state index in [1.807, 2.05) is 6.92 Å². The van der Waals surface area contributed by atoms with Gasteiger partial charge in [-0.1, -0.05) is 13.3 Å². The Hall–Kier alpha value is -1.47. The van der Waals surface area contributed by atoms with Gasteiger partial charge in [-0.3, -0.25) is 0 Å². The van der Waals surface area contributed by atoms with Gasteiger partial charge in [-0.15, -0.1) is 0 Å². The lowest BCUT2D eigenvalue weighted by atomic mass is 9.89. The van der Waals surface area contributed by atoms with Crippen molar-refractivity contribution in [3.05, 3.63) is 0 Å². The summed E-state index contributed by atoms with van der Waals surface area (Å²) in [5.41, 5.74) is 0. The molecule has 0 spiro atoms. The number of carbonyl (C=O) groups excluding carboxylic acids is 1. The summed E-state index contributed by atoms with van der Waals surface area (Å²) in [4.78, 5) is 25.5. The largest absolute Gasteiger partial charge is 0.480 e. The van der Waals surface area contributed by atoms with E-state index in [9.17, 15) is 27.9 Å². The van der Waals surface area contributed by atoms with Crippen LogP contribution in [0.3, 0.4) is 0 Å². The number of alkyl halides is 3. The standard InChI is InChI=1S/C13H21F3N2O3/c1-3-9-4-6-18(10(8-9)11(19)20)12(21)17(2)7-5-13(14,15)16/h9-10H,3-8H2,1-2H3,(H,19,20). The number of piperidine rings is 1. The molecule has 1 rings (SSSR count). The Kier molecular flexibility index (Phi) is 5.86. The molecule has 2 unspecified atom stereocenters. The third-order valence-corrected chi connectivity index (χ3v) is 3.88. The molecular formula is C13H21F3N2O3. The van der Waals surface area contributed by atoms with E-state index in [-0.39, 0.29) is 12.5 Å². The Balaban J connectivity index is 2.68. The lowest BCUT2D eigenvalue weighted by molar-refractivity contribution is -0.145. The number of halogens is 3. The Morgan fingerprint density at radius 1 is 1.38 bits per heavy atom. The molecule has 0 bridgehead atoms. The van der Waals surface area contributed by atoms with Crippen LogP contribution in [0.1, 0.15) is 32.6 Å². The van der Waals surface area contributed by atoms with Gasteiger partial charge >= 0.3 is 18.2 Å². The van der Waals surface area contributed by atoms with Crippen molar-refractivity contribution < 1.29 is 27.9 Å². The molecule has 0 aromatic heterocycles. The molecule has 2 atom stereocenters. The van der Waals surface area contributed by atoms with E-state index in [2.05, 4.69) is 0 Å². The number of rotatable bonds is 4. The first-order valence-electron chi connectivity index (χ1n) is 6.97. The predicted molar refractivity (Wildman–Crippen MR) is 69.8 cm³/mol. The van der Waals surface area contributed by atoms with E-state index in [4.69, 9.17) is 0 Å². The van der Waals surface area contributed by atoms with Crippen LogP contribution in [0.15, 0.2) is 0 Å². The maximum Gasteiger partial charge on any atom is 0.390 e. The van der Waals surface area contributed by atoms with E-state index >= 15 is 0 Å². The topological polar surface area (TPSA) is 60.9 Å². The maximum atomic E-state index is 12.2. The molecule has 0 aromatic carbocycles. The SMILES string of the molecule is CCC1CCN(C(=O)N(C)CCC(F)(F)F)C(C(=O)O)C1. The van der Waals surface area contributed by atoms with Gasteiger partial charge in [0.2, 0.25) is 0 Å². The fourth-order valence-electron chi connectivity index (χ4n) is 2.48. The number of carbonyl (C=O) groups is 2. The summed E-state index contributed by atoms with van der Waals surface area (Å²) in [6, 6.07) is -1.61. The number of amides is 2. The second-order valence-electron chi connectivity index (χ2n) is 5.42. The van der Waals surface area contributed by atoms with Gasteiger partial charge in [-0.05, 0) is 18.8 Å². The number of aliphatic carboxylic acids is 1. The number of urea groups is 1. The fraction of sp³-hybridized carbons (Fsp3) is 0.846. The Labute approximate surface area is 121 Å². The zero-order valence-electron chi connectivity index (χ0n) is 12.2. The van der Waals surface area contributed by atoms with E-state index in [1.54, 1.807) is 0 Å². The smallest absolute Gasteiger partial charge is 0.390 e. The first-order valence-corrected chi connectivity index (χ1v) is 6.97. The van der Waals surface area contributed by atoms with Gasteiger partial charge in [0.1, 0.15) is 6.04 Å². The van der Waals surface area contributed by atoms with E-state index < -0.39 is 37.2 Å². The van der Waals surface area contributed by atoms with Crippen LogP contribution in [0.5, 0.6) is 0 Å². The third kappa shape index (κ3) is 5.09. The number of carboxylic acid groups (broad SMARTS) is 1. The van der Waals surface area contributed by atoms with Crippen molar-refractivity contribution in [1.29, 1.82) is 0 Å². The molecule has 1 saturated heterocycles. The van der Waals surface area contributed by atoms with Gasteiger partial charge < -0.3 is 14.9 Å². The van der Waals surface area contributed by atoms with Crippen molar-refractivity contribution in [1.82, 2.24) is 9.80 Å². The molecule has 5 nitrogen and oxygen atoms in total. The highest BCUT2D eigenvalue weighted by Crippen LogP contribution is 2.27. The molecule has 1 fully saturated rings. The van der Waals surface area contributed by atoms with Crippen LogP contribution in [0.2, 0.25) is 0 Å². The van der Waals surface area contributed by atoms with Gasteiger partial charge in [-0.25, -0.2) is 9.59 Å². The average Bonchev–Trinajstić information content (AvgIpc) is 2.42. The molecule has 0 aromatic rings.